The van der Waals surface area contributed by atoms with Gasteiger partial charge in [0.2, 0.25) is 5.91 Å². The third-order valence-electron chi connectivity index (χ3n) is 2.58. The Labute approximate surface area is 80.1 Å². The van der Waals surface area contributed by atoms with Gasteiger partial charge in [0.15, 0.2) is 0 Å². The summed E-state index contributed by atoms with van der Waals surface area (Å²) in [7, 11) is 0. The molecular formula is C10H20N2O. The van der Waals surface area contributed by atoms with Crippen molar-refractivity contribution in [2.24, 2.45) is 5.73 Å². The lowest BCUT2D eigenvalue weighted by Gasteiger charge is -2.11. The third-order valence-corrected chi connectivity index (χ3v) is 2.58. The van der Waals surface area contributed by atoms with Gasteiger partial charge >= 0.3 is 0 Å². The lowest BCUT2D eigenvalue weighted by atomic mass is 10.2. The fourth-order valence-electron chi connectivity index (χ4n) is 1.80. The summed E-state index contributed by atoms with van der Waals surface area (Å²) in [4.78, 5) is 11.3. The number of carbonyl (C=O) groups excluding carboxylic acids is 1. The van der Waals surface area contributed by atoms with Gasteiger partial charge in [-0.15, -0.1) is 0 Å². The maximum Gasteiger partial charge on any atom is 0.220 e. The molecule has 0 aromatic carbocycles. The van der Waals surface area contributed by atoms with E-state index in [2.05, 4.69) is 5.32 Å². The second-order valence-corrected chi connectivity index (χ2v) is 3.79. The van der Waals surface area contributed by atoms with E-state index in [-0.39, 0.29) is 5.91 Å². The molecule has 0 unspecified atom stereocenters. The topological polar surface area (TPSA) is 55.1 Å². The molecule has 0 atom stereocenters. The zero-order chi connectivity index (χ0) is 9.52. The quantitative estimate of drug-likeness (QED) is 0.630. The highest BCUT2D eigenvalue weighted by Gasteiger charge is 2.16. The van der Waals surface area contributed by atoms with Gasteiger partial charge in [0.1, 0.15) is 0 Å². The van der Waals surface area contributed by atoms with E-state index in [0.29, 0.717) is 19.0 Å². The van der Waals surface area contributed by atoms with Crippen molar-refractivity contribution in [2.75, 3.05) is 6.54 Å². The van der Waals surface area contributed by atoms with E-state index in [9.17, 15) is 4.79 Å². The molecule has 1 fully saturated rings. The van der Waals surface area contributed by atoms with E-state index in [1.807, 2.05) is 0 Å². The lowest BCUT2D eigenvalue weighted by molar-refractivity contribution is -0.121. The predicted octanol–water partition coefficient (Wildman–Crippen LogP) is 1.17. The molecule has 13 heavy (non-hydrogen) atoms. The highest BCUT2D eigenvalue weighted by Crippen LogP contribution is 2.17. The minimum absolute atomic E-state index is 0.209. The Morgan fingerprint density at radius 2 is 2.00 bits per heavy atom. The van der Waals surface area contributed by atoms with Crippen molar-refractivity contribution < 1.29 is 4.79 Å². The normalized spacial score (nSPS) is 17.6. The first-order valence-corrected chi connectivity index (χ1v) is 5.32. The average Bonchev–Trinajstić information content (AvgIpc) is 2.57. The molecule has 3 nitrogen and oxygen atoms in total. The zero-order valence-electron chi connectivity index (χ0n) is 8.22. The van der Waals surface area contributed by atoms with Crippen molar-refractivity contribution in [3.63, 3.8) is 0 Å². The van der Waals surface area contributed by atoms with Crippen LogP contribution in [-0.4, -0.2) is 18.5 Å². The number of amides is 1. The van der Waals surface area contributed by atoms with Crippen LogP contribution in [0.4, 0.5) is 0 Å². The van der Waals surface area contributed by atoms with E-state index in [4.69, 9.17) is 5.73 Å². The molecule has 1 aliphatic rings. The van der Waals surface area contributed by atoms with Crippen LogP contribution in [0.1, 0.15) is 44.9 Å². The highest BCUT2D eigenvalue weighted by atomic mass is 16.1. The van der Waals surface area contributed by atoms with E-state index in [0.717, 1.165) is 12.8 Å². The molecule has 3 heteroatoms. The summed E-state index contributed by atoms with van der Waals surface area (Å²) in [6.07, 6.45) is 7.41. The van der Waals surface area contributed by atoms with Crippen molar-refractivity contribution in [3.05, 3.63) is 0 Å². The van der Waals surface area contributed by atoms with Crippen molar-refractivity contribution in [1.82, 2.24) is 5.32 Å². The van der Waals surface area contributed by atoms with Gasteiger partial charge in [-0.1, -0.05) is 12.8 Å². The molecule has 0 spiro atoms. The summed E-state index contributed by atoms with van der Waals surface area (Å²) < 4.78 is 0. The van der Waals surface area contributed by atoms with Gasteiger partial charge in [-0.2, -0.15) is 0 Å². The molecule has 0 aromatic rings. The first-order valence-electron chi connectivity index (χ1n) is 5.32. The van der Waals surface area contributed by atoms with Gasteiger partial charge in [-0.3, -0.25) is 4.79 Å². The number of nitrogens with two attached hydrogens (primary N) is 1. The SMILES string of the molecule is NCCCCC(=O)NC1CCCC1. The van der Waals surface area contributed by atoms with Crippen LogP contribution in [-0.2, 0) is 4.79 Å². The fraction of sp³-hybridized carbons (Fsp3) is 0.900. The predicted molar refractivity (Wildman–Crippen MR) is 53.3 cm³/mol. The molecule has 3 N–H and O–H groups in total. The molecule has 0 bridgehead atoms. The van der Waals surface area contributed by atoms with E-state index < -0.39 is 0 Å². The Bertz CT molecular complexity index is 153. The minimum Gasteiger partial charge on any atom is -0.353 e. The Morgan fingerprint density at radius 3 is 2.62 bits per heavy atom. The molecule has 0 saturated heterocycles. The molecule has 76 valence electrons. The smallest absolute Gasteiger partial charge is 0.220 e. The molecule has 0 radical (unpaired) electrons. The van der Waals surface area contributed by atoms with Crippen LogP contribution in [0.25, 0.3) is 0 Å². The van der Waals surface area contributed by atoms with Crippen LogP contribution in [0.5, 0.6) is 0 Å². The molecule has 1 amide bonds. The monoisotopic (exact) mass is 184 g/mol. The van der Waals surface area contributed by atoms with Crippen LogP contribution < -0.4 is 11.1 Å². The average molecular weight is 184 g/mol. The Kier molecular flexibility index (Phi) is 4.83. The number of rotatable bonds is 5. The van der Waals surface area contributed by atoms with E-state index >= 15 is 0 Å². The van der Waals surface area contributed by atoms with Crippen LogP contribution >= 0.6 is 0 Å². The van der Waals surface area contributed by atoms with Gasteiger partial charge in [0.25, 0.3) is 0 Å². The van der Waals surface area contributed by atoms with E-state index in [1.54, 1.807) is 0 Å². The first kappa shape index (κ1) is 10.5. The zero-order valence-corrected chi connectivity index (χ0v) is 8.22. The summed E-state index contributed by atoms with van der Waals surface area (Å²) >= 11 is 0. The summed E-state index contributed by atoms with van der Waals surface area (Å²) in [5, 5.41) is 3.06. The number of nitrogens with one attached hydrogen (secondary N) is 1. The summed E-state index contributed by atoms with van der Waals surface area (Å²) in [6, 6.07) is 0.463. The summed E-state index contributed by atoms with van der Waals surface area (Å²) in [6.45, 7) is 0.691. The minimum atomic E-state index is 0.209. The number of hydrogen-bond donors (Lipinski definition) is 2. The number of hydrogen-bond acceptors (Lipinski definition) is 2. The van der Waals surface area contributed by atoms with Crippen LogP contribution in [0.15, 0.2) is 0 Å². The standard InChI is InChI=1S/C10H20N2O/c11-8-4-3-7-10(13)12-9-5-1-2-6-9/h9H,1-8,11H2,(H,12,13). The molecule has 1 saturated carbocycles. The maximum absolute atomic E-state index is 11.3. The molecule has 1 rings (SSSR count). The highest BCUT2D eigenvalue weighted by molar-refractivity contribution is 5.76. The Balaban J connectivity index is 2.02. The largest absolute Gasteiger partial charge is 0.353 e. The molecule has 0 heterocycles. The van der Waals surface area contributed by atoms with Gasteiger partial charge in [-0.25, -0.2) is 0 Å². The Hall–Kier alpha value is -0.570. The van der Waals surface area contributed by atoms with Crippen LogP contribution in [0.2, 0.25) is 0 Å². The van der Waals surface area contributed by atoms with Gasteiger partial charge in [-0.05, 0) is 32.2 Å². The number of carbonyl (C=O) groups is 1. The fourth-order valence-corrected chi connectivity index (χ4v) is 1.80. The first-order chi connectivity index (χ1) is 6.33. The van der Waals surface area contributed by atoms with Crippen molar-refractivity contribution in [2.45, 2.75) is 51.0 Å². The van der Waals surface area contributed by atoms with Gasteiger partial charge in [0, 0.05) is 12.5 Å². The van der Waals surface area contributed by atoms with E-state index in [1.165, 1.54) is 25.7 Å². The number of unbranched alkanes of at least 4 members (excludes halogenated alkanes) is 1. The maximum atomic E-state index is 11.3. The second-order valence-electron chi connectivity index (χ2n) is 3.79. The second kappa shape index (κ2) is 5.97. The molecular weight excluding hydrogens is 164 g/mol. The van der Waals surface area contributed by atoms with Crippen LogP contribution in [0.3, 0.4) is 0 Å². The van der Waals surface area contributed by atoms with Crippen molar-refractivity contribution >= 4 is 5.91 Å². The van der Waals surface area contributed by atoms with Crippen LogP contribution in [0, 0.1) is 0 Å². The van der Waals surface area contributed by atoms with Gasteiger partial charge < -0.3 is 11.1 Å². The third kappa shape index (κ3) is 4.27. The molecule has 1 aliphatic carbocycles. The summed E-state index contributed by atoms with van der Waals surface area (Å²) in [5.41, 5.74) is 5.35. The van der Waals surface area contributed by atoms with Crippen molar-refractivity contribution in [1.29, 1.82) is 0 Å². The Morgan fingerprint density at radius 1 is 1.31 bits per heavy atom. The molecule has 0 aromatic heterocycles. The van der Waals surface area contributed by atoms with Crippen molar-refractivity contribution in [3.8, 4) is 0 Å². The summed E-state index contributed by atoms with van der Waals surface area (Å²) in [5.74, 6) is 0.209. The lowest BCUT2D eigenvalue weighted by Crippen LogP contribution is -2.32. The van der Waals surface area contributed by atoms with Gasteiger partial charge in [0.05, 0.1) is 0 Å². The molecule has 0 aliphatic heterocycles.